The van der Waals surface area contributed by atoms with Gasteiger partial charge in [-0.25, -0.2) is 4.68 Å². The number of aromatic nitrogens is 3. The van der Waals surface area contributed by atoms with Gasteiger partial charge in [0.25, 0.3) is 5.91 Å². The Hall–Kier alpha value is -2.55. The highest BCUT2D eigenvalue weighted by Crippen LogP contribution is 2.21. The number of rotatable bonds is 5. The number of nitrogens with zero attached hydrogens (tertiary/aromatic N) is 5. The van der Waals surface area contributed by atoms with Gasteiger partial charge in [0.05, 0.1) is 11.4 Å². The Morgan fingerprint density at radius 2 is 1.89 bits per heavy atom. The van der Waals surface area contributed by atoms with E-state index in [1.807, 2.05) is 0 Å². The average Bonchev–Trinajstić information content (AvgIpc) is 3.03. The van der Waals surface area contributed by atoms with E-state index in [2.05, 4.69) is 27.0 Å². The largest absolute Gasteiger partial charge is 0.435 e. The number of likely N-dealkylation sites (tertiary alicyclic amines) is 1. The lowest BCUT2D eigenvalue weighted by Crippen LogP contribution is -2.44. The number of carbonyl (C=O) groups is 1. The van der Waals surface area contributed by atoms with Gasteiger partial charge < -0.3 is 14.5 Å². The van der Waals surface area contributed by atoms with Gasteiger partial charge in [-0.1, -0.05) is 5.21 Å². The summed E-state index contributed by atoms with van der Waals surface area (Å²) in [5, 5.41) is 8.11. The summed E-state index contributed by atoms with van der Waals surface area (Å²) < 4.78 is 30.4. The van der Waals surface area contributed by atoms with Crippen LogP contribution in [0.2, 0.25) is 0 Å². The molecule has 7 nitrogen and oxygen atoms in total. The summed E-state index contributed by atoms with van der Waals surface area (Å²) in [4.78, 5) is 16.9. The molecule has 0 unspecified atom stereocenters. The minimum atomic E-state index is -2.87. The van der Waals surface area contributed by atoms with Crippen molar-refractivity contribution in [2.45, 2.75) is 32.4 Å². The van der Waals surface area contributed by atoms with Crippen LogP contribution in [0.5, 0.6) is 5.75 Å². The molecule has 1 saturated heterocycles. The van der Waals surface area contributed by atoms with E-state index in [1.54, 1.807) is 31.0 Å². The Kier molecular flexibility index (Phi) is 5.69. The Morgan fingerprint density at radius 1 is 1.26 bits per heavy atom. The zero-order valence-electron chi connectivity index (χ0n) is 15.6. The van der Waals surface area contributed by atoms with Crippen LogP contribution in [0.1, 0.15) is 29.0 Å². The Bertz CT molecular complexity index is 786. The van der Waals surface area contributed by atoms with Crippen LogP contribution in [0.3, 0.4) is 0 Å². The van der Waals surface area contributed by atoms with Gasteiger partial charge in [-0.2, -0.15) is 8.78 Å². The number of alkyl halides is 2. The molecule has 1 aromatic heterocycles. The van der Waals surface area contributed by atoms with Crippen molar-refractivity contribution in [2.24, 2.45) is 0 Å². The van der Waals surface area contributed by atoms with Crippen molar-refractivity contribution in [3.05, 3.63) is 35.7 Å². The summed E-state index contributed by atoms with van der Waals surface area (Å²) in [6, 6.07) is 6.22. The maximum Gasteiger partial charge on any atom is 0.387 e. The number of piperidine rings is 1. The molecule has 1 aliphatic rings. The third kappa shape index (κ3) is 4.24. The Labute approximate surface area is 156 Å². The number of hydrogen-bond donors (Lipinski definition) is 0. The van der Waals surface area contributed by atoms with E-state index >= 15 is 0 Å². The normalized spacial score (nSPS) is 15.9. The first-order valence-electron chi connectivity index (χ1n) is 8.80. The zero-order chi connectivity index (χ0) is 19.6. The molecule has 0 bridgehead atoms. The summed E-state index contributed by atoms with van der Waals surface area (Å²) in [5.74, 6) is -0.101. The van der Waals surface area contributed by atoms with Crippen LogP contribution in [-0.2, 0) is 0 Å². The van der Waals surface area contributed by atoms with Crippen molar-refractivity contribution < 1.29 is 18.3 Å². The van der Waals surface area contributed by atoms with Gasteiger partial charge in [0, 0.05) is 13.1 Å². The molecule has 1 fully saturated rings. The molecule has 0 atom stereocenters. The van der Waals surface area contributed by atoms with Crippen molar-refractivity contribution in [2.75, 3.05) is 27.2 Å². The molecule has 0 N–H and O–H groups in total. The van der Waals surface area contributed by atoms with E-state index in [1.165, 1.54) is 16.8 Å². The maximum atomic E-state index is 12.9. The summed E-state index contributed by atoms with van der Waals surface area (Å²) in [7, 11) is 3.87. The third-order valence-electron chi connectivity index (χ3n) is 4.96. The van der Waals surface area contributed by atoms with Gasteiger partial charge in [0.1, 0.15) is 5.75 Å². The molecular weight excluding hydrogens is 356 g/mol. The van der Waals surface area contributed by atoms with Gasteiger partial charge in [-0.3, -0.25) is 4.79 Å². The number of ether oxygens (including phenoxy) is 1. The summed E-state index contributed by atoms with van der Waals surface area (Å²) in [6.45, 7) is 0.810. The quantitative estimate of drug-likeness (QED) is 0.798. The number of halogens is 2. The second kappa shape index (κ2) is 7.99. The Balaban J connectivity index is 1.75. The van der Waals surface area contributed by atoms with Crippen LogP contribution in [0.4, 0.5) is 8.78 Å². The highest BCUT2D eigenvalue weighted by atomic mass is 19.3. The summed E-state index contributed by atoms with van der Waals surface area (Å²) in [5.41, 5.74) is 1.51. The van der Waals surface area contributed by atoms with Gasteiger partial charge in [0.15, 0.2) is 5.69 Å². The lowest BCUT2D eigenvalue weighted by atomic mass is 10.0. The SMILES string of the molecule is Cc1c(C(=O)N(C)C2CCN(C)CC2)nnn1-c1ccc(OC(F)F)cc1. The maximum absolute atomic E-state index is 12.9. The van der Waals surface area contributed by atoms with Crippen LogP contribution in [0, 0.1) is 6.92 Å². The van der Waals surface area contributed by atoms with Gasteiger partial charge in [-0.15, -0.1) is 5.10 Å². The molecule has 2 aromatic rings. The van der Waals surface area contributed by atoms with Crippen molar-refractivity contribution in [1.82, 2.24) is 24.8 Å². The third-order valence-corrected chi connectivity index (χ3v) is 4.96. The molecule has 0 radical (unpaired) electrons. The zero-order valence-corrected chi connectivity index (χ0v) is 15.6. The summed E-state index contributed by atoms with van der Waals surface area (Å²) in [6.07, 6.45) is 1.86. The minimum absolute atomic E-state index is 0.0600. The van der Waals surface area contributed by atoms with E-state index < -0.39 is 6.61 Å². The molecule has 2 heterocycles. The predicted molar refractivity (Wildman–Crippen MR) is 95.3 cm³/mol. The molecule has 0 saturated carbocycles. The van der Waals surface area contributed by atoms with Crippen LogP contribution in [-0.4, -0.2) is 70.5 Å². The van der Waals surface area contributed by atoms with Crippen molar-refractivity contribution in [3.8, 4) is 11.4 Å². The van der Waals surface area contributed by atoms with Gasteiger partial charge in [-0.05, 0) is 64.2 Å². The number of benzene rings is 1. The molecule has 0 aliphatic carbocycles. The van der Waals surface area contributed by atoms with E-state index in [-0.39, 0.29) is 17.7 Å². The van der Waals surface area contributed by atoms with Crippen molar-refractivity contribution >= 4 is 5.91 Å². The van der Waals surface area contributed by atoms with Crippen molar-refractivity contribution in [1.29, 1.82) is 0 Å². The van der Waals surface area contributed by atoms with E-state index in [0.29, 0.717) is 17.1 Å². The number of amides is 1. The lowest BCUT2D eigenvalue weighted by Gasteiger charge is -2.34. The molecule has 146 valence electrons. The summed E-state index contributed by atoms with van der Waals surface area (Å²) >= 11 is 0. The number of hydrogen-bond acceptors (Lipinski definition) is 5. The monoisotopic (exact) mass is 379 g/mol. The van der Waals surface area contributed by atoms with E-state index in [9.17, 15) is 13.6 Å². The fraction of sp³-hybridized carbons (Fsp3) is 0.500. The highest BCUT2D eigenvalue weighted by molar-refractivity contribution is 5.93. The molecule has 9 heteroatoms. The predicted octanol–water partition coefficient (Wildman–Crippen LogP) is 2.34. The van der Waals surface area contributed by atoms with Crippen LogP contribution in [0.15, 0.2) is 24.3 Å². The van der Waals surface area contributed by atoms with E-state index in [0.717, 1.165) is 25.9 Å². The van der Waals surface area contributed by atoms with Crippen LogP contribution in [0.25, 0.3) is 5.69 Å². The Morgan fingerprint density at radius 3 is 2.48 bits per heavy atom. The molecule has 1 aromatic carbocycles. The molecular formula is C18H23F2N5O2. The molecule has 3 rings (SSSR count). The van der Waals surface area contributed by atoms with Gasteiger partial charge >= 0.3 is 6.61 Å². The van der Waals surface area contributed by atoms with Crippen LogP contribution >= 0.6 is 0 Å². The minimum Gasteiger partial charge on any atom is -0.435 e. The second-order valence-electron chi connectivity index (χ2n) is 6.76. The second-order valence-corrected chi connectivity index (χ2v) is 6.76. The molecule has 0 spiro atoms. The fourth-order valence-electron chi connectivity index (χ4n) is 3.26. The lowest BCUT2D eigenvalue weighted by molar-refractivity contribution is -0.0498. The topological polar surface area (TPSA) is 63.5 Å². The van der Waals surface area contributed by atoms with E-state index in [4.69, 9.17) is 0 Å². The molecule has 27 heavy (non-hydrogen) atoms. The number of carbonyl (C=O) groups excluding carboxylic acids is 1. The first-order chi connectivity index (χ1) is 12.9. The van der Waals surface area contributed by atoms with Crippen LogP contribution < -0.4 is 4.74 Å². The first kappa shape index (κ1) is 19.2. The smallest absolute Gasteiger partial charge is 0.387 e. The van der Waals surface area contributed by atoms with Gasteiger partial charge in [0.2, 0.25) is 0 Å². The molecule has 1 amide bonds. The average molecular weight is 379 g/mol. The standard InChI is InChI=1S/C18H23F2N5O2/c1-12-16(17(26)24(3)13-8-10-23(2)11-9-13)21-22-25(12)14-4-6-15(7-5-14)27-18(19)20/h4-7,13,18H,8-11H2,1-3H3. The molecule has 1 aliphatic heterocycles. The first-order valence-corrected chi connectivity index (χ1v) is 8.80. The highest BCUT2D eigenvalue weighted by Gasteiger charge is 2.28. The fourth-order valence-corrected chi connectivity index (χ4v) is 3.26. The van der Waals surface area contributed by atoms with Crippen molar-refractivity contribution in [3.63, 3.8) is 0 Å².